The van der Waals surface area contributed by atoms with Crippen LogP contribution in [0.25, 0.3) is 0 Å². The van der Waals surface area contributed by atoms with Crippen LogP contribution in [-0.4, -0.2) is 11.3 Å². The standard InChI is InChI=1S/C32H36P2/c1-5-32(4,26(2)33(28-18-10-6-11-19-28)29-20-12-7-13-21-29)27(3)34(30-22-14-8-15-23-30)31-24-16-9-17-25-31/h6-27H,5H2,1-4H3. The molecule has 0 aliphatic carbocycles. The molecule has 0 saturated heterocycles. The van der Waals surface area contributed by atoms with Crippen LogP contribution in [-0.2, 0) is 0 Å². The first-order valence-corrected chi connectivity index (χ1v) is 15.2. The maximum atomic E-state index is 2.56. The molecule has 0 bridgehead atoms. The van der Waals surface area contributed by atoms with Gasteiger partial charge in [0.15, 0.2) is 0 Å². The molecular formula is C32H36P2. The molecule has 4 rings (SSSR count). The summed E-state index contributed by atoms with van der Waals surface area (Å²) in [6.07, 6.45) is 1.16. The van der Waals surface area contributed by atoms with E-state index in [0.29, 0.717) is 11.3 Å². The Hall–Kier alpha value is -2.26. The van der Waals surface area contributed by atoms with Gasteiger partial charge in [-0.1, -0.05) is 149 Å². The highest BCUT2D eigenvalue weighted by Gasteiger charge is 2.43. The van der Waals surface area contributed by atoms with Crippen LogP contribution < -0.4 is 21.2 Å². The highest BCUT2D eigenvalue weighted by molar-refractivity contribution is 7.74. The monoisotopic (exact) mass is 482 g/mol. The van der Waals surface area contributed by atoms with Gasteiger partial charge in [0, 0.05) is 0 Å². The van der Waals surface area contributed by atoms with Gasteiger partial charge in [-0.2, -0.15) is 0 Å². The quantitative estimate of drug-likeness (QED) is 0.217. The van der Waals surface area contributed by atoms with Gasteiger partial charge < -0.3 is 0 Å². The Morgan fingerprint density at radius 1 is 0.500 bits per heavy atom. The van der Waals surface area contributed by atoms with E-state index < -0.39 is 15.8 Å². The largest absolute Gasteiger partial charge is 0.0648 e. The predicted octanol–water partition coefficient (Wildman–Crippen LogP) is 7.45. The second-order valence-corrected chi connectivity index (χ2v) is 14.4. The molecule has 0 saturated carbocycles. The van der Waals surface area contributed by atoms with E-state index in [-0.39, 0.29) is 5.41 Å². The van der Waals surface area contributed by atoms with Crippen molar-refractivity contribution in [3.63, 3.8) is 0 Å². The Balaban J connectivity index is 1.80. The van der Waals surface area contributed by atoms with Crippen molar-refractivity contribution in [2.45, 2.75) is 45.4 Å². The Morgan fingerprint density at radius 2 is 0.735 bits per heavy atom. The first-order chi connectivity index (χ1) is 16.6. The third kappa shape index (κ3) is 5.20. The molecule has 2 atom stereocenters. The van der Waals surface area contributed by atoms with Crippen LogP contribution >= 0.6 is 15.8 Å². The van der Waals surface area contributed by atoms with E-state index in [2.05, 4.69) is 149 Å². The Kier molecular flexibility index (Phi) is 8.37. The van der Waals surface area contributed by atoms with Crippen molar-refractivity contribution in [1.82, 2.24) is 0 Å². The summed E-state index contributed by atoms with van der Waals surface area (Å²) in [5.41, 5.74) is 1.24. The van der Waals surface area contributed by atoms with E-state index in [0.717, 1.165) is 6.42 Å². The molecule has 174 valence electrons. The second kappa shape index (κ2) is 11.4. The number of hydrogen-bond acceptors (Lipinski definition) is 0. The highest BCUT2D eigenvalue weighted by atomic mass is 31.1. The molecule has 4 aromatic rings. The van der Waals surface area contributed by atoms with Crippen molar-refractivity contribution < 1.29 is 0 Å². The van der Waals surface area contributed by atoms with Crippen LogP contribution in [0.2, 0.25) is 0 Å². The molecule has 0 radical (unpaired) electrons. The smallest absolute Gasteiger partial charge is 0.00972 e. The molecule has 0 N–H and O–H groups in total. The van der Waals surface area contributed by atoms with Gasteiger partial charge in [0.25, 0.3) is 0 Å². The summed E-state index contributed by atoms with van der Waals surface area (Å²) in [5.74, 6) is 0. The maximum absolute atomic E-state index is 2.56. The highest BCUT2D eigenvalue weighted by Crippen LogP contribution is 2.57. The molecule has 34 heavy (non-hydrogen) atoms. The lowest BCUT2D eigenvalue weighted by Gasteiger charge is -2.47. The van der Waals surface area contributed by atoms with Gasteiger partial charge >= 0.3 is 0 Å². The molecule has 0 aliphatic heterocycles. The molecule has 0 aliphatic rings. The fourth-order valence-electron chi connectivity index (χ4n) is 5.08. The van der Waals surface area contributed by atoms with Crippen LogP contribution in [0.1, 0.15) is 34.1 Å². The van der Waals surface area contributed by atoms with Gasteiger partial charge in [-0.25, -0.2) is 0 Å². The minimum Gasteiger partial charge on any atom is -0.0648 e. The van der Waals surface area contributed by atoms with Crippen molar-refractivity contribution in [2.24, 2.45) is 5.41 Å². The van der Waals surface area contributed by atoms with Crippen LogP contribution in [0.3, 0.4) is 0 Å². The SMILES string of the molecule is CCC(C)(C(C)P(c1ccccc1)c1ccccc1)C(C)P(c1ccccc1)c1ccccc1. The zero-order valence-electron chi connectivity index (χ0n) is 20.8. The van der Waals surface area contributed by atoms with Crippen molar-refractivity contribution >= 4 is 37.1 Å². The summed E-state index contributed by atoms with van der Waals surface area (Å²) in [4.78, 5) is 0. The molecule has 0 spiro atoms. The van der Waals surface area contributed by atoms with Gasteiger partial charge in [0.1, 0.15) is 0 Å². The lowest BCUT2D eigenvalue weighted by atomic mass is 9.81. The summed E-state index contributed by atoms with van der Waals surface area (Å²) < 4.78 is 0. The Bertz CT molecular complexity index is 959. The topological polar surface area (TPSA) is 0 Å². The van der Waals surface area contributed by atoms with E-state index in [1.807, 2.05) is 0 Å². The van der Waals surface area contributed by atoms with Gasteiger partial charge in [-0.05, 0) is 60.2 Å². The first-order valence-electron chi connectivity index (χ1n) is 12.3. The summed E-state index contributed by atoms with van der Waals surface area (Å²) >= 11 is 0. The molecule has 0 heterocycles. The van der Waals surface area contributed by atoms with E-state index in [1.54, 1.807) is 0 Å². The average molecular weight is 483 g/mol. The molecule has 4 aromatic carbocycles. The fraction of sp³-hybridized carbons (Fsp3) is 0.250. The van der Waals surface area contributed by atoms with Gasteiger partial charge in [-0.3, -0.25) is 0 Å². The summed E-state index contributed by atoms with van der Waals surface area (Å²) in [5, 5.41) is 5.91. The molecule has 0 amide bonds. The van der Waals surface area contributed by atoms with E-state index in [9.17, 15) is 0 Å². The maximum Gasteiger partial charge on any atom is -0.00972 e. The van der Waals surface area contributed by atoms with Crippen molar-refractivity contribution in [1.29, 1.82) is 0 Å². The molecule has 0 fully saturated rings. The summed E-state index contributed by atoms with van der Waals surface area (Å²) in [7, 11) is -0.981. The molecule has 2 unspecified atom stereocenters. The Morgan fingerprint density at radius 3 is 0.941 bits per heavy atom. The zero-order valence-corrected chi connectivity index (χ0v) is 22.6. The normalized spacial score (nSPS) is 15.1. The third-order valence-electron chi connectivity index (χ3n) is 7.58. The minimum atomic E-state index is -0.491. The van der Waals surface area contributed by atoms with E-state index in [4.69, 9.17) is 0 Å². The van der Waals surface area contributed by atoms with Gasteiger partial charge in [0.2, 0.25) is 0 Å². The van der Waals surface area contributed by atoms with E-state index in [1.165, 1.54) is 21.2 Å². The molecule has 2 heteroatoms. The van der Waals surface area contributed by atoms with Crippen LogP contribution in [0.5, 0.6) is 0 Å². The predicted molar refractivity (Wildman–Crippen MR) is 155 cm³/mol. The third-order valence-corrected chi connectivity index (χ3v) is 13.7. The van der Waals surface area contributed by atoms with Crippen molar-refractivity contribution in [3.05, 3.63) is 121 Å². The summed E-state index contributed by atoms with van der Waals surface area (Å²) in [6.45, 7) is 10.0. The number of benzene rings is 4. The van der Waals surface area contributed by atoms with Crippen LogP contribution in [0.15, 0.2) is 121 Å². The van der Waals surface area contributed by atoms with Crippen molar-refractivity contribution in [2.75, 3.05) is 0 Å². The number of rotatable bonds is 9. The molecule has 0 nitrogen and oxygen atoms in total. The Labute approximate surface area is 209 Å². The molecular weight excluding hydrogens is 446 g/mol. The summed E-state index contributed by atoms with van der Waals surface area (Å²) in [6, 6.07) is 44.9. The van der Waals surface area contributed by atoms with Crippen molar-refractivity contribution in [3.8, 4) is 0 Å². The number of hydrogen-bond donors (Lipinski definition) is 0. The van der Waals surface area contributed by atoms with Gasteiger partial charge in [0.05, 0.1) is 0 Å². The van der Waals surface area contributed by atoms with Crippen LogP contribution in [0.4, 0.5) is 0 Å². The van der Waals surface area contributed by atoms with Gasteiger partial charge in [-0.15, -0.1) is 0 Å². The fourth-order valence-corrected chi connectivity index (χ4v) is 11.5. The minimum absolute atomic E-state index is 0.175. The molecule has 0 aromatic heterocycles. The second-order valence-electron chi connectivity index (χ2n) is 9.29. The average Bonchev–Trinajstić information content (AvgIpc) is 2.91. The lowest BCUT2D eigenvalue weighted by molar-refractivity contribution is 0.302. The van der Waals surface area contributed by atoms with Crippen LogP contribution in [0, 0.1) is 5.41 Å². The van der Waals surface area contributed by atoms with E-state index >= 15 is 0 Å². The zero-order chi connectivity index (χ0) is 24.0. The lowest BCUT2D eigenvalue weighted by Crippen LogP contribution is -2.43. The first kappa shape index (κ1) is 24.9.